The van der Waals surface area contributed by atoms with Crippen molar-refractivity contribution in [1.82, 2.24) is 19.9 Å². The topological polar surface area (TPSA) is 43.2 Å². The highest BCUT2D eigenvalue weighted by Crippen LogP contribution is 2.32. The van der Waals surface area contributed by atoms with Gasteiger partial charge in [-0.05, 0) is 45.1 Å². The summed E-state index contributed by atoms with van der Waals surface area (Å²) in [4.78, 5) is 2.68. The number of hydrogen-bond acceptors (Lipinski definition) is 4. The van der Waals surface area contributed by atoms with Gasteiger partial charge in [-0.3, -0.25) is 9.58 Å². The van der Waals surface area contributed by atoms with Gasteiger partial charge in [0.1, 0.15) is 0 Å². The van der Waals surface area contributed by atoms with Crippen molar-refractivity contribution in [2.45, 2.75) is 57.7 Å². The summed E-state index contributed by atoms with van der Waals surface area (Å²) in [5.41, 5.74) is 0. The third-order valence-corrected chi connectivity index (χ3v) is 4.71. The summed E-state index contributed by atoms with van der Waals surface area (Å²) in [5, 5.41) is 8.02. The van der Waals surface area contributed by atoms with Crippen LogP contribution in [-0.2, 0) is 11.3 Å². The normalized spacial score (nSPS) is 31.1. The fourth-order valence-corrected chi connectivity index (χ4v) is 3.58. The molecular formula is C15H26N4O. The summed E-state index contributed by atoms with van der Waals surface area (Å²) in [5.74, 6) is 0.836. The Kier molecular flexibility index (Phi) is 4.68. The summed E-state index contributed by atoms with van der Waals surface area (Å²) in [7, 11) is 0. The second-order valence-corrected chi connectivity index (χ2v) is 6.18. The number of aromatic nitrogens is 3. The molecule has 2 fully saturated rings. The molecule has 1 aliphatic heterocycles. The molecule has 2 aliphatic rings. The standard InChI is InChI=1S/C15H26N4O/c1-2-20-15-9-13(10-15)11-18-7-4-3-5-14(18)12-19-8-6-16-17-19/h6,8,13-15H,2-5,7,9-12H2,1H3. The van der Waals surface area contributed by atoms with E-state index in [9.17, 15) is 0 Å². The van der Waals surface area contributed by atoms with Crippen LogP contribution in [0.1, 0.15) is 39.0 Å². The lowest BCUT2D eigenvalue weighted by atomic mass is 9.81. The number of piperidine rings is 1. The van der Waals surface area contributed by atoms with Crippen LogP contribution in [0.5, 0.6) is 0 Å². The Morgan fingerprint density at radius 2 is 2.15 bits per heavy atom. The van der Waals surface area contributed by atoms with Crippen molar-refractivity contribution < 1.29 is 4.74 Å². The van der Waals surface area contributed by atoms with Gasteiger partial charge >= 0.3 is 0 Å². The van der Waals surface area contributed by atoms with Gasteiger partial charge in [0.05, 0.1) is 18.8 Å². The fourth-order valence-electron chi connectivity index (χ4n) is 3.58. The quantitative estimate of drug-likeness (QED) is 0.797. The summed E-state index contributed by atoms with van der Waals surface area (Å²) < 4.78 is 7.65. The molecule has 1 aliphatic carbocycles. The molecule has 1 unspecified atom stereocenters. The average Bonchev–Trinajstić information content (AvgIpc) is 2.91. The predicted octanol–water partition coefficient (Wildman–Crippen LogP) is 1.95. The number of ether oxygens (including phenoxy) is 1. The molecule has 0 amide bonds. The molecule has 1 saturated heterocycles. The maximum absolute atomic E-state index is 5.67. The molecule has 1 aromatic heterocycles. The van der Waals surface area contributed by atoms with E-state index in [1.54, 1.807) is 6.20 Å². The molecule has 5 nitrogen and oxygen atoms in total. The zero-order valence-corrected chi connectivity index (χ0v) is 12.4. The highest BCUT2D eigenvalue weighted by atomic mass is 16.5. The van der Waals surface area contributed by atoms with E-state index >= 15 is 0 Å². The molecule has 0 spiro atoms. The molecule has 2 heterocycles. The van der Waals surface area contributed by atoms with Gasteiger partial charge in [-0.15, -0.1) is 5.10 Å². The van der Waals surface area contributed by atoms with Crippen molar-refractivity contribution >= 4 is 0 Å². The second-order valence-electron chi connectivity index (χ2n) is 6.18. The Balaban J connectivity index is 1.48. The molecule has 20 heavy (non-hydrogen) atoms. The van der Waals surface area contributed by atoms with Crippen LogP contribution in [0, 0.1) is 5.92 Å². The third-order valence-electron chi connectivity index (χ3n) is 4.71. The van der Waals surface area contributed by atoms with Crippen LogP contribution < -0.4 is 0 Å². The van der Waals surface area contributed by atoms with E-state index in [1.165, 1.54) is 45.2 Å². The Labute approximate surface area is 121 Å². The lowest BCUT2D eigenvalue weighted by Crippen LogP contribution is -2.47. The fraction of sp³-hybridized carbons (Fsp3) is 0.867. The van der Waals surface area contributed by atoms with E-state index < -0.39 is 0 Å². The number of hydrogen-bond donors (Lipinski definition) is 0. The van der Waals surface area contributed by atoms with E-state index in [0.717, 1.165) is 19.1 Å². The molecule has 5 heteroatoms. The first-order chi connectivity index (χ1) is 9.85. The van der Waals surface area contributed by atoms with Crippen molar-refractivity contribution in [1.29, 1.82) is 0 Å². The Morgan fingerprint density at radius 3 is 2.90 bits per heavy atom. The molecule has 0 bridgehead atoms. The molecule has 112 valence electrons. The van der Waals surface area contributed by atoms with Crippen LogP contribution in [0.25, 0.3) is 0 Å². The zero-order valence-electron chi connectivity index (χ0n) is 12.4. The van der Waals surface area contributed by atoms with Gasteiger partial charge in [0.2, 0.25) is 0 Å². The lowest BCUT2D eigenvalue weighted by molar-refractivity contribution is -0.0406. The minimum absolute atomic E-state index is 0.531. The number of likely N-dealkylation sites (tertiary alicyclic amines) is 1. The monoisotopic (exact) mass is 278 g/mol. The van der Waals surface area contributed by atoms with Crippen molar-refractivity contribution in [3.05, 3.63) is 12.4 Å². The van der Waals surface area contributed by atoms with Crippen LogP contribution in [0.15, 0.2) is 12.4 Å². The first-order valence-corrected chi connectivity index (χ1v) is 8.05. The maximum atomic E-state index is 5.67. The van der Waals surface area contributed by atoms with Crippen LogP contribution in [0.3, 0.4) is 0 Å². The van der Waals surface area contributed by atoms with Gasteiger partial charge in [-0.25, -0.2) is 0 Å². The molecule has 1 aromatic rings. The molecular weight excluding hydrogens is 252 g/mol. The SMILES string of the molecule is CCOC1CC(CN2CCCCC2Cn2ccnn2)C1. The minimum atomic E-state index is 0.531. The first-order valence-electron chi connectivity index (χ1n) is 8.05. The van der Waals surface area contributed by atoms with Gasteiger partial charge in [0.15, 0.2) is 0 Å². The van der Waals surface area contributed by atoms with Crippen LogP contribution in [0.2, 0.25) is 0 Å². The molecule has 1 saturated carbocycles. The van der Waals surface area contributed by atoms with Crippen molar-refractivity contribution in [2.75, 3.05) is 19.7 Å². The van der Waals surface area contributed by atoms with E-state index in [0.29, 0.717) is 12.1 Å². The van der Waals surface area contributed by atoms with Gasteiger partial charge < -0.3 is 4.74 Å². The largest absolute Gasteiger partial charge is 0.378 e. The summed E-state index contributed by atoms with van der Waals surface area (Å²) in [6.07, 6.45) is 10.8. The van der Waals surface area contributed by atoms with E-state index in [1.807, 2.05) is 10.9 Å². The lowest BCUT2D eigenvalue weighted by Gasteiger charge is -2.42. The predicted molar refractivity (Wildman–Crippen MR) is 77.4 cm³/mol. The summed E-state index contributed by atoms with van der Waals surface area (Å²) >= 11 is 0. The minimum Gasteiger partial charge on any atom is -0.378 e. The van der Waals surface area contributed by atoms with Gasteiger partial charge in [0.25, 0.3) is 0 Å². The highest BCUT2D eigenvalue weighted by Gasteiger charge is 2.33. The number of nitrogens with zero attached hydrogens (tertiary/aromatic N) is 4. The Morgan fingerprint density at radius 1 is 1.25 bits per heavy atom. The van der Waals surface area contributed by atoms with Crippen molar-refractivity contribution in [3.63, 3.8) is 0 Å². The van der Waals surface area contributed by atoms with E-state index in [-0.39, 0.29) is 0 Å². The molecule has 0 aromatic carbocycles. The van der Waals surface area contributed by atoms with E-state index in [4.69, 9.17) is 4.74 Å². The van der Waals surface area contributed by atoms with Gasteiger partial charge in [-0.1, -0.05) is 11.6 Å². The van der Waals surface area contributed by atoms with Crippen molar-refractivity contribution in [2.24, 2.45) is 5.92 Å². The van der Waals surface area contributed by atoms with Crippen LogP contribution in [0.4, 0.5) is 0 Å². The maximum Gasteiger partial charge on any atom is 0.0692 e. The average molecular weight is 278 g/mol. The summed E-state index contributed by atoms with van der Waals surface area (Å²) in [6.45, 7) is 6.42. The third kappa shape index (κ3) is 3.38. The molecule has 0 radical (unpaired) electrons. The second kappa shape index (κ2) is 6.68. The van der Waals surface area contributed by atoms with Crippen molar-refractivity contribution in [3.8, 4) is 0 Å². The summed E-state index contributed by atoms with van der Waals surface area (Å²) in [6, 6.07) is 0.636. The highest BCUT2D eigenvalue weighted by molar-refractivity contribution is 4.86. The van der Waals surface area contributed by atoms with Crippen LogP contribution in [-0.4, -0.2) is 51.7 Å². The van der Waals surface area contributed by atoms with Gasteiger partial charge in [0, 0.05) is 25.4 Å². The molecule has 0 N–H and O–H groups in total. The van der Waals surface area contributed by atoms with Gasteiger partial charge in [-0.2, -0.15) is 0 Å². The number of rotatable bonds is 6. The Hall–Kier alpha value is -0.940. The first kappa shape index (κ1) is 14.0. The molecule has 3 rings (SSSR count). The smallest absolute Gasteiger partial charge is 0.0692 e. The molecule has 1 atom stereocenters. The van der Waals surface area contributed by atoms with Crippen LogP contribution >= 0.6 is 0 Å². The van der Waals surface area contributed by atoms with E-state index in [2.05, 4.69) is 22.1 Å². The Bertz CT molecular complexity index is 389. The zero-order chi connectivity index (χ0) is 13.8.